The summed E-state index contributed by atoms with van der Waals surface area (Å²) in [6, 6.07) is 16.8. The molecule has 0 atom stereocenters. The van der Waals surface area contributed by atoms with Gasteiger partial charge in [-0.2, -0.15) is 0 Å². The van der Waals surface area contributed by atoms with E-state index in [0.29, 0.717) is 12.0 Å². The summed E-state index contributed by atoms with van der Waals surface area (Å²) in [5, 5.41) is 4.59. The largest absolute Gasteiger partial charge is 0.464 e. The lowest BCUT2D eigenvalue weighted by Crippen LogP contribution is -2.39. The number of fused-ring (bicyclic) bond motifs is 1. The molecular formula is C32H41N3O3. The molecule has 3 aromatic rings. The molecular weight excluding hydrogens is 474 g/mol. The van der Waals surface area contributed by atoms with E-state index in [0.717, 1.165) is 56.2 Å². The van der Waals surface area contributed by atoms with E-state index in [1.54, 1.807) is 0 Å². The molecule has 2 aliphatic heterocycles. The number of rotatable bonds is 7. The van der Waals surface area contributed by atoms with Crippen molar-refractivity contribution in [1.29, 1.82) is 0 Å². The number of nitrogens with zero attached hydrogens (tertiary/aromatic N) is 2. The highest BCUT2D eigenvalue weighted by Gasteiger charge is 2.26. The summed E-state index contributed by atoms with van der Waals surface area (Å²) in [5.74, 6) is 1.46. The van der Waals surface area contributed by atoms with Gasteiger partial charge in [0.2, 0.25) is 0 Å². The van der Waals surface area contributed by atoms with Crippen LogP contribution in [0.4, 0.5) is 5.69 Å². The smallest absolute Gasteiger partial charge is 0.251 e. The molecule has 1 amide bonds. The first-order valence-corrected chi connectivity index (χ1v) is 14.6. The van der Waals surface area contributed by atoms with Gasteiger partial charge in [-0.25, -0.2) is 0 Å². The number of amides is 1. The first-order chi connectivity index (χ1) is 18.7. The molecule has 1 aliphatic carbocycles. The van der Waals surface area contributed by atoms with Crippen LogP contribution in [0.5, 0.6) is 0 Å². The van der Waals surface area contributed by atoms with Crippen LogP contribution >= 0.6 is 0 Å². The van der Waals surface area contributed by atoms with Crippen molar-refractivity contribution >= 4 is 22.6 Å². The zero-order valence-electron chi connectivity index (χ0n) is 22.4. The highest BCUT2D eigenvalue weighted by Crippen LogP contribution is 2.35. The minimum absolute atomic E-state index is 0.0650. The minimum Gasteiger partial charge on any atom is -0.464 e. The lowest BCUT2D eigenvalue weighted by molar-refractivity contribution is 0.0919. The number of likely N-dealkylation sites (tertiary alicyclic amines) is 1. The van der Waals surface area contributed by atoms with Gasteiger partial charge in [-0.1, -0.05) is 18.2 Å². The van der Waals surface area contributed by atoms with E-state index in [9.17, 15) is 4.79 Å². The maximum absolute atomic E-state index is 12.8. The second kappa shape index (κ2) is 11.9. The van der Waals surface area contributed by atoms with Crippen LogP contribution in [0.25, 0.3) is 11.0 Å². The van der Waals surface area contributed by atoms with Gasteiger partial charge in [0.25, 0.3) is 5.91 Å². The normalized spacial score (nSPS) is 23.5. The maximum Gasteiger partial charge on any atom is 0.251 e. The zero-order chi connectivity index (χ0) is 25.7. The van der Waals surface area contributed by atoms with Crippen molar-refractivity contribution in [1.82, 2.24) is 10.2 Å². The Bertz CT molecular complexity index is 1180. The Labute approximate surface area is 226 Å². The van der Waals surface area contributed by atoms with E-state index in [1.165, 1.54) is 68.4 Å². The second-order valence-electron chi connectivity index (χ2n) is 11.4. The Balaban J connectivity index is 0.901. The number of ether oxygens (including phenoxy) is 1. The number of carbonyl (C=O) groups is 1. The number of furan rings is 1. The number of nitrogens with one attached hydrogen (secondary N) is 1. The summed E-state index contributed by atoms with van der Waals surface area (Å²) in [6.45, 7) is 6.93. The number of carbonyl (C=O) groups excluding carboxylic acids is 1. The van der Waals surface area contributed by atoms with Crippen LogP contribution in [0.15, 0.2) is 59.2 Å². The van der Waals surface area contributed by atoms with Gasteiger partial charge >= 0.3 is 0 Å². The fourth-order valence-electron chi connectivity index (χ4n) is 6.66. The van der Waals surface area contributed by atoms with E-state index >= 15 is 0 Å². The number of hydrogen-bond acceptors (Lipinski definition) is 5. The molecule has 6 rings (SSSR count). The summed E-state index contributed by atoms with van der Waals surface area (Å²) in [4.78, 5) is 17.8. The molecule has 38 heavy (non-hydrogen) atoms. The van der Waals surface area contributed by atoms with Gasteiger partial charge in [-0.15, -0.1) is 0 Å². The quantitative estimate of drug-likeness (QED) is 0.429. The summed E-state index contributed by atoms with van der Waals surface area (Å²) in [6.07, 6.45) is 10.3. The Kier molecular flexibility index (Phi) is 7.98. The maximum atomic E-state index is 12.8. The Morgan fingerprint density at radius 3 is 2.37 bits per heavy atom. The predicted molar refractivity (Wildman–Crippen MR) is 152 cm³/mol. The van der Waals surface area contributed by atoms with Crippen molar-refractivity contribution in [3.63, 3.8) is 0 Å². The number of anilines is 1. The molecule has 6 heteroatoms. The molecule has 0 spiro atoms. The molecule has 1 saturated carbocycles. The van der Waals surface area contributed by atoms with E-state index in [4.69, 9.17) is 9.15 Å². The van der Waals surface area contributed by atoms with E-state index in [1.807, 2.05) is 24.5 Å². The van der Waals surface area contributed by atoms with Gasteiger partial charge in [0.15, 0.2) is 0 Å². The van der Waals surface area contributed by atoms with Gasteiger partial charge in [0, 0.05) is 41.3 Å². The molecule has 2 saturated heterocycles. The molecule has 1 N–H and O–H groups in total. The molecule has 3 fully saturated rings. The molecule has 3 heterocycles. The topological polar surface area (TPSA) is 58.0 Å². The highest BCUT2D eigenvalue weighted by atomic mass is 16.5. The summed E-state index contributed by atoms with van der Waals surface area (Å²) in [5.41, 5.74) is 4.34. The van der Waals surface area contributed by atoms with Crippen molar-refractivity contribution in [2.75, 3.05) is 50.8 Å². The second-order valence-corrected chi connectivity index (χ2v) is 11.4. The molecule has 202 valence electrons. The molecule has 0 bridgehead atoms. The third kappa shape index (κ3) is 5.92. The van der Waals surface area contributed by atoms with Crippen LogP contribution in [0.3, 0.4) is 0 Å². The number of hydrogen-bond donors (Lipinski definition) is 1. The summed E-state index contributed by atoms with van der Waals surface area (Å²) >= 11 is 0. The van der Waals surface area contributed by atoms with Crippen LogP contribution in [0, 0.1) is 5.92 Å². The Hall–Kier alpha value is -2.83. The third-order valence-corrected chi connectivity index (χ3v) is 9.08. The van der Waals surface area contributed by atoms with Gasteiger partial charge in [-0.3, -0.25) is 4.79 Å². The molecule has 2 aromatic carbocycles. The van der Waals surface area contributed by atoms with Crippen LogP contribution in [0.1, 0.15) is 66.8 Å². The Morgan fingerprint density at radius 2 is 1.61 bits per heavy atom. The molecule has 6 nitrogen and oxygen atoms in total. The van der Waals surface area contributed by atoms with Crippen LogP contribution in [0.2, 0.25) is 0 Å². The zero-order valence-corrected chi connectivity index (χ0v) is 22.4. The van der Waals surface area contributed by atoms with Gasteiger partial charge in [-0.05, 0) is 107 Å². The molecule has 3 aliphatic rings. The van der Waals surface area contributed by atoms with Crippen LogP contribution in [-0.2, 0) is 4.74 Å². The standard InChI is InChI=1S/C32H41N3O3/c36-32(26-7-11-28(12-8-26)35-19-21-37-22-20-35)33-27-9-5-24(6-10-27)13-16-34-17-14-25(15-18-34)30-23-38-31-4-2-1-3-29(30)31/h1-4,7-8,11-12,23-25,27H,5-6,9-10,13-22H2,(H,33,36). The van der Waals surface area contributed by atoms with Crippen molar-refractivity contribution in [2.24, 2.45) is 5.92 Å². The molecule has 0 unspecified atom stereocenters. The minimum atomic E-state index is 0.0650. The monoisotopic (exact) mass is 515 g/mol. The first-order valence-electron chi connectivity index (χ1n) is 14.6. The van der Waals surface area contributed by atoms with Crippen LogP contribution in [-0.4, -0.2) is 62.8 Å². The van der Waals surface area contributed by atoms with Gasteiger partial charge < -0.3 is 24.3 Å². The SMILES string of the molecule is O=C(NC1CCC(CCN2CCC(c3coc4ccccc34)CC2)CC1)c1ccc(N2CCOCC2)cc1. The lowest BCUT2D eigenvalue weighted by Gasteiger charge is -2.34. The average Bonchev–Trinajstić information content (AvgIpc) is 3.42. The van der Waals surface area contributed by atoms with Gasteiger partial charge in [0.1, 0.15) is 5.58 Å². The number of morpholine rings is 1. The van der Waals surface area contributed by atoms with Crippen molar-refractivity contribution < 1.29 is 13.9 Å². The fraction of sp³-hybridized carbons (Fsp3) is 0.531. The predicted octanol–water partition coefficient (Wildman–Crippen LogP) is 5.83. The number of piperidine rings is 1. The first kappa shape index (κ1) is 25.4. The molecule has 1 aromatic heterocycles. The average molecular weight is 516 g/mol. The molecule has 0 radical (unpaired) electrons. The van der Waals surface area contributed by atoms with Crippen molar-refractivity contribution in [3.8, 4) is 0 Å². The van der Waals surface area contributed by atoms with E-state index in [-0.39, 0.29) is 5.91 Å². The van der Waals surface area contributed by atoms with Gasteiger partial charge in [0.05, 0.1) is 19.5 Å². The van der Waals surface area contributed by atoms with Crippen molar-refractivity contribution in [3.05, 3.63) is 65.9 Å². The third-order valence-electron chi connectivity index (χ3n) is 9.08. The Morgan fingerprint density at radius 1 is 0.868 bits per heavy atom. The summed E-state index contributed by atoms with van der Waals surface area (Å²) in [7, 11) is 0. The van der Waals surface area contributed by atoms with Crippen molar-refractivity contribution in [2.45, 2.75) is 56.9 Å². The van der Waals surface area contributed by atoms with Crippen LogP contribution < -0.4 is 10.2 Å². The lowest BCUT2D eigenvalue weighted by atomic mass is 9.83. The van der Waals surface area contributed by atoms with E-state index < -0.39 is 0 Å². The summed E-state index contributed by atoms with van der Waals surface area (Å²) < 4.78 is 11.2. The number of benzene rings is 2. The number of para-hydroxylation sites is 1. The fourth-order valence-corrected chi connectivity index (χ4v) is 6.66. The van der Waals surface area contributed by atoms with E-state index in [2.05, 4.69) is 45.4 Å². The highest BCUT2D eigenvalue weighted by molar-refractivity contribution is 5.94.